The van der Waals surface area contributed by atoms with E-state index in [2.05, 4.69) is 19.2 Å². The van der Waals surface area contributed by atoms with Gasteiger partial charge in [-0.1, -0.05) is 33.1 Å². The molecule has 3 heteroatoms. The summed E-state index contributed by atoms with van der Waals surface area (Å²) in [6.45, 7) is 6.33. The first-order valence-corrected chi connectivity index (χ1v) is 8.26. The van der Waals surface area contributed by atoms with Gasteiger partial charge in [0.2, 0.25) is 0 Å². The molecule has 1 aliphatic carbocycles. The van der Waals surface area contributed by atoms with Gasteiger partial charge >= 0.3 is 6.03 Å². The van der Waals surface area contributed by atoms with E-state index in [-0.39, 0.29) is 6.03 Å². The van der Waals surface area contributed by atoms with Gasteiger partial charge in [0.15, 0.2) is 0 Å². The molecule has 1 aliphatic heterocycles. The third-order valence-corrected chi connectivity index (χ3v) is 4.91. The number of amides is 2. The van der Waals surface area contributed by atoms with E-state index in [1.807, 2.05) is 4.90 Å². The van der Waals surface area contributed by atoms with E-state index >= 15 is 0 Å². The van der Waals surface area contributed by atoms with Crippen LogP contribution in [0.3, 0.4) is 0 Å². The molecule has 2 fully saturated rings. The number of likely N-dealkylation sites (tertiary alicyclic amines) is 1. The fourth-order valence-corrected chi connectivity index (χ4v) is 3.71. The van der Waals surface area contributed by atoms with Crippen LogP contribution in [0.4, 0.5) is 4.79 Å². The van der Waals surface area contributed by atoms with Gasteiger partial charge < -0.3 is 10.2 Å². The number of nitrogens with zero attached hydrogens (tertiary/aromatic N) is 1. The van der Waals surface area contributed by atoms with E-state index in [0.717, 1.165) is 25.9 Å². The van der Waals surface area contributed by atoms with Crippen LogP contribution in [-0.2, 0) is 0 Å². The van der Waals surface area contributed by atoms with Gasteiger partial charge in [0.1, 0.15) is 0 Å². The number of rotatable bonds is 3. The van der Waals surface area contributed by atoms with Crippen LogP contribution in [0.2, 0.25) is 0 Å². The third-order valence-electron chi connectivity index (χ3n) is 4.91. The SMILES string of the molecule is CCC(NC(=O)N1CCCC(C)C1)C1CCCCC1. The number of nitrogens with one attached hydrogen (secondary N) is 1. The Hall–Kier alpha value is -0.730. The molecule has 1 saturated carbocycles. The van der Waals surface area contributed by atoms with Crippen molar-refractivity contribution in [3.05, 3.63) is 0 Å². The summed E-state index contributed by atoms with van der Waals surface area (Å²) in [4.78, 5) is 14.4. The van der Waals surface area contributed by atoms with Gasteiger partial charge in [-0.3, -0.25) is 0 Å². The number of urea groups is 1. The number of carbonyl (C=O) groups is 1. The zero-order chi connectivity index (χ0) is 13.7. The first kappa shape index (κ1) is 14.7. The fourth-order valence-electron chi connectivity index (χ4n) is 3.71. The number of hydrogen-bond donors (Lipinski definition) is 1. The zero-order valence-electron chi connectivity index (χ0n) is 12.7. The maximum Gasteiger partial charge on any atom is 0.317 e. The second-order valence-electron chi connectivity index (χ2n) is 6.56. The molecule has 2 atom stereocenters. The van der Waals surface area contributed by atoms with Crippen molar-refractivity contribution in [3.8, 4) is 0 Å². The standard InChI is InChI=1S/C16H30N2O/c1-3-15(14-9-5-4-6-10-14)17-16(19)18-11-7-8-13(2)12-18/h13-15H,3-12H2,1-2H3,(H,17,19). The van der Waals surface area contributed by atoms with E-state index < -0.39 is 0 Å². The summed E-state index contributed by atoms with van der Waals surface area (Å²) < 4.78 is 0. The van der Waals surface area contributed by atoms with Gasteiger partial charge in [-0.05, 0) is 43.9 Å². The van der Waals surface area contributed by atoms with E-state index in [1.54, 1.807) is 0 Å². The first-order valence-electron chi connectivity index (χ1n) is 8.26. The minimum atomic E-state index is 0.184. The second-order valence-corrected chi connectivity index (χ2v) is 6.56. The summed E-state index contributed by atoms with van der Waals surface area (Å²) in [6.07, 6.45) is 10.2. The van der Waals surface area contributed by atoms with Crippen molar-refractivity contribution in [3.63, 3.8) is 0 Å². The summed E-state index contributed by atoms with van der Waals surface area (Å²) in [5, 5.41) is 3.31. The van der Waals surface area contributed by atoms with Crippen LogP contribution in [0, 0.1) is 11.8 Å². The molecule has 0 radical (unpaired) electrons. The maximum absolute atomic E-state index is 12.4. The van der Waals surface area contributed by atoms with Gasteiger partial charge in [0, 0.05) is 19.1 Å². The molecule has 2 aliphatic rings. The Balaban J connectivity index is 1.84. The average molecular weight is 266 g/mol. The summed E-state index contributed by atoms with van der Waals surface area (Å²) in [6, 6.07) is 0.578. The fraction of sp³-hybridized carbons (Fsp3) is 0.938. The molecular formula is C16H30N2O. The van der Waals surface area contributed by atoms with Crippen molar-refractivity contribution >= 4 is 6.03 Å². The molecule has 110 valence electrons. The van der Waals surface area contributed by atoms with Gasteiger partial charge in [0.25, 0.3) is 0 Å². The quantitative estimate of drug-likeness (QED) is 0.828. The molecular weight excluding hydrogens is 236 g/mol. The molecule has 1 N–H and O–H groups in total. The smallest absolute Gasteiger partial charge is 0.317 e. The predicted molar refractivity (Wildman–Crippen MR) is 79.2 cm³/mol. The van der Waals surface area contributed by atoms with Crippen molar-refractivity contribution < 1.29 is 4.79 Å². The van der Waals surface area contributed by atoms with Crippen molar-refractivity contribution in [2.75, 3.05) is 13.1 Å². The number of hydrogen-bond acceptors (Lipinski definition) is 1. The van der Waals surface area contributed by atoms with E-state index in [4.69, 9.17) is 0 Å². The molecule has 1 saturated heterocycles. The number of piperidine rings is 1. The van der Waals surface area contributed by atoms with Crippen molar-refractivity contribution in [1.82, 2.24) is 10.2 Å². The third kappa shape index (κ3) is 4.12. The Kier molecular flexibility index (Phi) is 5.53. The van der Waals surface area contributed by atoms with Crippen LogP contribution in [0.25, 0.3) is 0 Å². The van der Waals surface area contributed by atoms with Gasteiger partial charge in [-0.25, -0.2) is 4.79 Å². The minimum Gasteiger partial charge on any atom is -0.335 e. The van der Waals surface area contributed by atoms with Crippen LogP contribution < -0.4 is 5.32 Å². The molecule has 1 heterocycles. The van der Waals surface area contributed by atoms with E-state index in [9.17, 15) is 4.79 Å². The van der Waals surface area contributed by atoms with Gasteiger partial charge in [-0.2, -0.15) is 0 Å². The highest BCUT2D eigenvalue weighted by atomic mass is 16.2. The molecule has 19 heavy (non-hydrogen) atoms. The van der Waals surface area contributed by atoms with Crippen molar-refractivity contribution in [1.29, 1.82) is 0 Å². The van der Waals surface area contributed by atoms with Crippen LogP contribution in [0.1, 0.15) is 65.2 Å². The Labute approximate surface area is 118 Å². The average Bonchev–Trinajstić information content (AvgIpc) is 2.45. The lowest BCUT2D eigenvalue weighted by atomic mass is 9.83. The molecule has 0 aromatic heterocycles. The predicted octanol–water partition coefficient (Wildman–Crippen LogP) is 3.79. The highest BCUT2D eigenvalue weighted by Gasteiger charge is 2.27. The Bertz CT molecular complexity index is 286. The molecule has 0 aromatic rings. The van der Waals surface area contributed by atoms with Crippen LogP contribution in [0.15, 0.2) is 0 Å². The maximum atomic E-state index is 12.4. The largest absolute Gasteiger partial charge is 0.335 e. The minimum absolute atomic E-state index is 0.184. The Morgan fingerprint density at radius 2 is 1.95 bits per heavy atom. The lowest BCUT2D eigenvalue weighted by Crippen LogP contribution is -2.50. The highest BCUT2D eigenvalue weighted by Crippen LogP contribution is 2.28. The summed E-state index contributed by atoms with van der Waals surface area (Å²) in [5.41, 5.74) is 0. The lowest BCUT2D eigenvalue weighted by Gasteiger charge is -2.35. The molecule has 2 unspecified atom stereocenters. The molecule has 0 spiro atoms. The zero-order valence-corrected chi connectivity index (χ0v) is 12.7. The van der Waals surface area contributed by atoms with Gasteiger partial charge in [-0.15, -0.1) is 0 Å². The first-order chi connectivity index (χ1) is 9.20. The summed E-state index contributed by atoms with van der Waals surface area (Å²) >= 11 is 0. The Morgan fingerprint density at radius 1 is 1.21 bits per heavy atom. The highest BCUT2D eigenvalue weighted by molar-refractivity contribution is 5.74. The lowest BCUT2D eigenvalue weighted by molar-refractivity contribution is 0.158. The molecule has 0 aromatic carbocycles. The monoisotopic (exact) mass is 266 g/mol. The topological polar surface area (TPSA) is 32.3 Å². The van der Waals surface area contributed by atoms with Crippen LogP contribution in [-0.4, -0.2) is 30.1 Å². The molecule has 3 nitrogen and oxygen atoms in total. The molecule has 0 bridgehead atoms. The summed E-state index contributed by atoms with van der Waals surface area (Å²) in [5.74, 6) is 1.37. The molecule has 2 rings (SSSR count). The van der Waals surface area contributed by atoms with Crippen LogP contribution in [0.5, 0.6) is 0 Å². The van der Waals surface area contributed by atoms with Gasteiger partial charge in [0.05, 0.1) is 0 Å². The van der Waals surface area contributed by atoms with Crippen molar-refractivity contribution in [2.45, 2.75) is 71.3 Å². The Morgan fingerprint density at radius 3 is 2.58 bits per heavy atom. The normalized spacial score (nSPS) is 27.1. The van der Waals surface area contributed by atoms with E-state index in [1.165, 1.54) is 38.5 Å². The van der Waals surface area contributed by atoms with Crippen molar-refractivity contribution in [2.24, 2.45) is 11.8 Å². The number of carbonyl (C=O) groups excluding carboxylic acids is 1. The molecule has 2 amide bonds. The van der Waals surface area contributed by atoms with Crippen LogP contribution >= 0.6 is 0 Å². The second kappa shape index (κ2) is 7.16. The summed E-state index contributed by atoms with van der Waals surface area (Å²) in [7, 11) is 0. The van der Waals surface area contributed by atoms with E-state index in [0.29, 0.717) is 17.9 Å².